The molecule has 1 atom stereocenters. The highest BCUT2D eigenvalue weighted by atomic mass is 16.6. The quantitative estimate of drug-likeness (QED) is 0.519. The maximum Gasteiger partial charge on any atom is 0.272 e. The van der Waals surface area contributed by atoms with Crippen molar-refractivity contribution in [3.63, 3.8) is 0 Å². The third-order valence-electron chi connectivity index (χ3n) is 3.43. The van der Waals surface area contributed by atoms with Gasteiger partial charge in [-0.2, -0.15) is 0 Å². The predicted octanol–water partition coefficient (Wildman–Crippen LogP) is 1.85. The molecule has 1 unspecified atom stereocenters. The van der Waals surface area contributed by atoms with Crippen molar-refractivity contribution in [2.75, 3.05) is 5.32 Å². The van der Waals surface area contributed by atoms with Crippen LogP contribution in [-0.4, -0.2) is 33.7 Å². The summed E-state index contributed by atoms with van der Waals surface area (Å²) in [5.41, 5.74) is 1.12. The fraction of sp³-hybridized carbons (Fsp3) is 0.429. The molecule has 2 rings (SSSR count). The van der Waals surface area contributed by atoms with Crippen molar-refractivity contribution in [2.45, 2.75) is 39.3 Å². The first-order valence-electron chi connectivity index (χ1n) is 6.68. The van der Waals surface area contributed by atoms with Gasteiger partial charge >= 0.3 is 0 Å². The minimum absolute atomic E-state index is 0.0261. The van der Waals surface area contributed by atoms with Crippen LogP contribution < -0.4 is 5.32 Å². The molecule has 0 spiro atoms. The van der Waals surface area contributed by atoms with E-state index in [1.54, 1.807) is 32.9 Å². The van der Waals surface area contributed by atoms with Crippen LogP contribution in [0.25, 0.3) is 0 Å². The second kappa shape index (κ2) is 5.51. The molecule has 1 aliphatic rings. The fourth-order valence-corrected chi connectivity index (χ4v) is 2.46. The Balaban J connectivity index is 2.16. The number of anilines is 1. The number of nitro benzene ring substituents is 1. The zero-order valence-electron chi connectivity index (χ0n) is 12.1. The van der Waals surface area contributed by atoms with Crippen LogP contribution in [0.5, 0.6) is 0 Å². The number of carbonyl (C=O) groups is 2. The monoisotopic (exact) mass is 291 g/mol. The molecule has 0 radical (unpaired) electrons. The van der Waals surface area contributed by atoms with Crippen LogP contribution in [-0.2, 0) is 9.59 Å². The Kier molecular flexibility index (Phi) is 3.93. The van der Waals surface area contributed by atoms with Crippen molar-refractivity contribution in [1.29, 1.82) is 0 Å². The molecule has 0 aliphatic carbocycles. The van der Waals surface area contributed by atoms with E-state index in [0.717, 1.165) is 0 Å². The lowest BCUT2D eigenvalue weighted by Gasteiger charge is -2.19. The number of nitrogens with one attached hydrogen (secondary N) is 1. The number of carbonyl (C=O) groups excluding carboxylic acids is 2. The summed E-state index contributed by atoms with van der Waals surface area (Å²) in [7, 11) is 0. The number of hydrogen-bond donors (Lipinski definition) is 1. The van der Waals surface area contributed by atoms with Gasteiger partial charge in [0, 0.05) is 23.4 Å². The van der Waals surface area contributed by atoms with Gasteiger partial charge in [-0.1, -0.05) is 0 Å². The van der Waals surface area contributed by atoms with Crippen molar-refractivity contribution in [3.8, 4) is 0 Å². The molecular weight excluding hydrogens is 274 g/mol. The summed E-state index contributed by atoms with van der Waals surface area (Å²) in [5, 5.41) is 13.7. The number of hydrogen-bond acceptors (Lipinski definition) is 5. The fourth-order valence-electron chi connectivity index (χ4n) is 2.46. The molecule has 1 heterocycles. The predicted molar refractivity (Wildman–Crippen MR) is 76.9 cm³/mol. The van der Waals surface area contributed by atoms with Gasteiger partial charge in [-0.25, -0.2) is 0 Å². The Morgan fingerprint density at radius 1 is 1.38 bits per heavy atom. The van der Waals surface area contributed by atoms with E-state index in [9.17, 15) is 19.7 Å². The number of rotatable bonds is 4. The lowest BCUT2D eigenvalue weighted by Crippen LogP contribution is -2.39. The van der Waals surface area contributed by atoms with E-state index in [4.69, 9.17) is 0 Å². The molecule has 1 fully saturated rings. The van der Waals surface area contributed by atoms with Crippen LogP contribution in [0, 0.1) is 17.0 Å². The smallest absolute Gasteiger partial charge is 0.272 e. The van der Waals surface area contributed by atoms with Crippen LogP contribution in [0.4, 0.5) is 11.4 Å². The second-order valence-electron chi connectivity index (χ2n) is 5.36. The minimum atomic E-state index is -0.610. The molecule has 7 heteroatoms. The lowest BCUT2D eigenvalue weighted by atomic mass is 10.1. The largest absolute Gasteiger partial charge is 0.373 e. The molecule has 0 aromatic heterocycles. The molecule has 112 valence electrons. The van der Waals surface area contributed by atoms with E-state index in [0.29, 0.717) is 11.3 Å². The Bertz CT molecular complexity index is 612. The van der Waals surface area contributed by atoms with Crippen LogP contribution in [0.1, 0.15) is 25.8 Å². The number of imide groups is 1. The van der Waals surface area contributed by atoms with Gasteiger partial charge in [-0.05, 0) is 32.9 Å². The van der Waals surface area contributed by atoms with Gasteiger partial charge in [0.25, 0.3) is 11.6 Å². The number of likely N-dealkylation sites (tertiary alicyclic amines) is 1. The SMILES string of the molecule is Cc1cc(NC2CC(=O)N(C(C)C)C2=O)ccc1[N+](=O)[O-]. The van der Waals surface area contributed by atoms with Crippen LogP contribution >= 0.6 is 0 Å². The molecule has 1 aliphatic heterocycles. The van der Waals surface area contributed by atoms with Crippen LogP contribution in [0.3, 0.4) is 0 Å². The maximum absolute atomic E-state index is 12.2. The molecule has 2 amide bonds. The summed E-state index contributed by atoms with van der Waals surface area (Å²) < 4.78 is 0. The summed E-state index contributed by atoms with van der Waals surface area (Å²) in [6.07, 6.45) is 0.104. The Hall–Kier alpha value is -2.44. The van der Waals surface area contributed by atoms with E-state index in [1.807, 2.05) is 0 Å². The molecule has 1 aromatic rings. The standard InChI is InChI=1S/C14H17N3O4/c1-8(2)16-13(18)7-11(14(16)19)15-10-4-5-12(17(20)21)9(3)6-10/h4-6,8,11,15H,7H2,1-3H3. The van der Waals surface area contributed by atoms with Gasteiger partial charge in [0.2, 0.25) is 5.91 Å². The maximum atomic E-state index is 12.2. The van der Waals surface area contributed by atoms with Crippen LogP contribution in [0.15, 0.2) is 18.2 Å². The summed E-state index contributed by atoms with van der Waals surface area (Å²) in [6, 6.07) is 3.75. The first-order chi connectivity index (χ1) is 9.81. The molecular formula is C14H17N3O4. The average molecular weight is 291 g/mol. The lowest BCUT2D eigenvalue weighted by molar-refractivity contribution is -0.385. The first kappa shape index (κ1) is 15.0. The van der Waals surface area contributed by atoms with Crippen LogP contribution in [0.2, 0.25) is 0 Å². The van der Waals surface area contributed by atoms with E-state index in [1.165, 1.54) is 11.0 Å². The number of benzene rings is 1. The molecule has 0 bridgehead atoms. The van der Waals surface area contributed by atoms with Gasteiger partial charge in [0.1, 0.15) is 6.04 Å². The van der Waals surface area contributed by atoms with Crippen molar-refractivity contribution in [2.24, 2.45) is 0 Å². The van der Waals surface area contributed by atoms with E-state index in [2.05, 4.69) is 5.32 Å². The summed E-state index contributed by atoms with van der Waals surface area (Å²) in [4.78, 5) is 35.5. The molecule has 1 saturated heterocycles. The number of amides is 2. The topological polar surface area (TPSA) is 92.6 Å². The summed E-state index contributed by atoms with van der Waals surface area (Å²) in [5.74, 6) is -0.461. The molecule has 0 saturated carbocycles. The Morgan fingerprint density at radius 2 is 2.05 bits per heavy atom. The van der Waals surface area contributed by atoms with Crippen molar-refractivity contribution in [3.05, 3.63) is 33.9 Å². The number of nitrogens with zero attached hydrogens (tertiary/aromatic N) is 2. The first-order valence-corrected chi connectivity index (χ1v) is 6.68. The zero-order chi connectivity index (χ0) is 15.7. The second-order valence-corrected chi connectivity index (χ2v) is 5.36. The Labute approximate surface area is 122 Å². The van der Waals surface area contributed by atoms with Gasteiger partial charge in [0.15, 0.2) is 0 Å². The molecule has 1 aromatic carbocycles. The molecule has 1 N–H and O–H groups in total. The van der Waals surface area contributed by atoms with E-state index in [-0.39, 0.29) is 30.0 Å². The molecule has 21 heavy (non-hydrogen) atoms. The van der Waals surface area contributed by atoms with Gasteiger partial charge in [0.05, 0.1) is 11.3 Å². The number of nitro groups is 1. The normalized spacial score (nSPS) is 18.5. The van der Waals surface area contributed by atoms with Crippen molar-refractivity contribution < 1.29 is 14.5 Å². The van der Waals surface area contributed by atoms with Crippen molar-refractivity contribution >= 4 is 23.2 Å². The van der Waals surface area contributed by atoms with E-state index < -0.39 is 11.0 Å². The number of aryl methyl sites for hydroxylation is 1. The highest BCUT2D eigenvalue weighted by Gasteiger charge is 2.39. The third-order valence-corrected chi connectivity index (χ3v) is 3.43. The van der Waals surface area contributed by atoms with E-state index >= 15 is 0 Å². The molecule has 7 nitrogen and oxygen atoms in total. The minimum Gasteiger partial charge on any atom is -0.373 e. The van der Waals surface area contributed by atoms with Gasteiger partial charge < -0.3 is 5.32 Å². The zero-order valence-corrected chi connectivity index (χ0v) is 12.1. The highest BCUT2D eigenvalue weighted by molar-refractivity contribution is 6.07. The van der Waals surface area contributed by atoms with Crippen molar-refractivity contribution in [1.82, 2.24) is 4.90 Å². The summed E-state index contributed by atoms with van der Waals surface area (Å²) in [6.45, 7) is 5.20. The third kappa shape index (κ3) is 2.86. The average Bonchev–Trinajstić information content (AvgIpc) is 2.63. The highest BCUT2D eigenvalue weighted by Crippen LogP contribution is 2.24. The Morgan fingerprint density at radius 3 is 2.52 bits per heavy atom. The van der Waals surface area contributed by atoms with Gasteiger partial charge in [-0.3, -0.25) is 24.6 Å². The summed E-state index contributed by atoms with van der Waals surface area (Å²) >= 11 is 0. The van der Waals surface area contributed by atoms with Gasteiger partial charge in [-0.15, -0.1) is 0 Å².